The van der Waals surface area contributed by atoms with Gasteiger partial charge in [-0.3, -0.25) is 4.79 Å². The van der Waals surface area contributed by atoms with Gasteiger partial charge in [-0.25, -0.2) is 8.42 Å². The van der Waals surface area contributed by atoms with Crippen LogP contribution in [0.3, 0.4) is 0 Å². The number of hydrogen-bond donors (Lipinski definition) is 1. The number of anilines is 1. The van der Waals surface area contributed by atoms with Gasteiger partial charge >= 0.3 is 0 Å². The van der Waals surface area contributed by atoms with Crippen molar-refractivity contribution in [2.45, 2.75) is 38.4 Å². The van der Waals surface area contributed by atoms with Crippen molar-refractivity contribution in [1.82, 2.24) is 0 Å². The van der Waals surface area contributed by atoms with Crippen molar-refractivity contribution >= 4 is 21.4 Å². The fraction of sp³-hybridized carbons (Fsp3) is 0.350. The van der Waals surface area contributed by atoms with Gasteiger partial charge in [-0.05, 0) is 48.2 Å². The number of carbonyl (C=O) groups excluding carboxylic acids is 1. The number of rotatable bonds is 8. The number of unbranched alkanes of at least 4 members (excludes halogenated alkanes) is 2. The van der Waals surface area contributed by atoms with Crippen LogP contribution in [0.15, 0.2) is 48.5 Å². The highest BCUT2D eigenvalue weighted by Crippen LogP contribution is 2.14. The lowest BCUT2D eigenvalue weighted by Crippen LogP contribution is -2.12. The molecule has 0 atom stereocenters. The second-order valence-corrected chi connectivity index (χ2v) is 8.52. The lowest BCUT2D eigenvalue weighted by Gasteiger charge is -2.07. The molecular weight excluding hydrogens is 334 g/mol. The van der Waals surface area contributed by atoms with Crippen LogP contribution in [0, 0.1) is 0 Å². The monoisotopic (exact) mass is 359 g/mol. The second kappa shape index (κ2) is 8.81. The van der Waals surface area contributed by atoms with Crippen molar-refractivity contribution < 1.29 is 13.2 Å². The highest BCUT2D eigenvalue weighted by molar-refractivity contribution is 7.89. The number of amides is 1. The van der Waals surface area contributed by atoms with E-state index >= 15 is 0 Å². The second-order valence-electron chi connectivity index (χ2n) is 6.38. The summed E-state index contributed by atoms with van der Waals surface area (Å²) in [5.74, 6) is -0.223. The van der Waals surface area contributed by atoms with E-state index in [1.165, 1.54) is 31.1 Å². The fourth-order valence-corrected chi connectivity index (χ4v) is 3.39. The van der Waals surface area contributed by atoms with E-state index < -0.39 is 9.84 Å². The van der Waals surface area contributed by atoms with Crippen molar-refractivity contribution in [2.75, 3.05) is 11.6 Å². The lowest BCUT2D eigenvalue weighted by atomic mass is 10.1. The third-order valence-electron chi connectivity index (χ3n) is 3.93. The Morgan fingerprint density at radius 1 is 0.920 bits per heavy atom. The summed E-state index contributed by atoms with van der Waals surface area (Å²) in [6, 6.07) is 14.6. The van der Waals surface area contributed by atoms with Gasteiger partial charge in [0.1, 0.15) is 0 Å². The zero-order valence-electron chi connectivity index (χ0n) is 14.8. The molecule has 0 aliphatic carbocycles. The Balaban J connectivity index is 1.95. The Labute approximate surface area is 150 Å². The lowest BCUT2D eigenvalue weighted by molar-refractivity contribution is 0.102. The molecule has 0 radical (unpaired) electrons. The molecule has 0 saturated heterocycles. The van der Waals surface area contributed by atoms with E-state index in [1.54, 1.807) is 24.3 Å². The summed E-state index contributed by atoms with van der Waals surface area (Å²) in [6.45, 7) is 2.19. The molecule has 0 fully saturated rings. The zero-order chi connectivity index (χ0) is 18.3. The van der Waals surface area contributed by atoms with Gasteiger partial charge in [0.2, 0.25) is 0 Å². The minimum absolute atomic E-state index is 0.0195. The van der Waals surface area contributed by atoms with Crippen LogP contribution in [-0.4, -0.2) is 20.6 Å². The van der Waals surface area contributed by atoms with E-state index in [9.17, 15) is 13.2 Å². The topological polar surface area (TPSA) is 63.2 Å². The van der Waals surface area contributed by atoms with E-state index in [0.717, 1.165) is 12.1 Å². The first-order valence-electron chi connectivity index (χ1n) is 8.54. The molecule has 4 nitrogen and oxygen atoms in total. The number of benzene rings is 2. The van der Waals surface area contributed by atoms with Crippen LogP contribution in [0.1, 0.15) is 47.7 Å². The predicted molar refractivity (Wildman–Crippen MR) is 103 cm³/mol. The van der Waals surface area contributed by atoms with Crippen LogP contribution >= 0.6 is 0 Å². The SMILES string of the molecule is CCCCCc1ccc(NC(=O)c2ccc(CS(C)(=O)=O)cc2)cc1. The molecule has 0 aliphatic rings. The zero-order valence-corrected chi connectivity index (χ0v) is 15.6. The van der Waals surface area contributed by atoms with Crippen molar-refractivity contribution in [1.29, 1.82) is 0 Å². The van der Waals surface area contributed by atoms with Crippen LogP contribution in [-0.2, 0) is 22.0 Å². The van der Waals surface area contributed by atoms with E-state index in [1.807, 2.05) is 24.3 Å². The van der Waals surface area contributed by atoms with Crippen LogP contribution in [0.2, 0.25) is 0 Å². The molecule has 2 aromatic rings. The first kappa shape index (κ1) is 19.2. The average Bonchev–Trinajstić information content (AvgIpc) is 2.56. The summed E-state index contributed by atoms with van der Waals surface area (Å²) in [5.41, 5.74) is 3.21. The molecule has 0 heterocycles. The van der Waals surface area contributed by atoms with Gasteiger partial charge in [0.25, 0.3) is 5.91 Å². The van der Waals surface area contributed by atoms with E-state index in [4.69, 9.17) is 0 Å². The van der Waals surface area contributed by atoms with E-state index in [-0.39, 0.29) is 11.7 Å². The quantitative estimate of drug-likeness (QED) is 0.718. The number of carbonyl (C=O) groups is 1. The molecule has 0 bridgehead atoms. The van der Waals surface area contributed by atoms with Gasteiger partial charge in [-0.1, -0.05) is 44.0 Å². The predicted octanol–water partition coefficient (Wildman–Crippen LogP) is 4.22. The minimum atomic E-state index is -3.07. The summed E-state index contributed by atoms with van der Waals surface area (Å²) >= 11 is 0. The number of aryl methyl sites for hydroxylation is 1. The maximum absolute atomic E-state index is 12.3. The molecule has 1 N–H and O–H groups in total. The van der Waals surface area contributed by atoms with Crippen molar-refractivity contribution in [2.24, 2.45) is 0 Å². The maximum Gasteiger partial charge on any atom is 0.255 e. The van der Waals surface area contributed by atoms with Crippen molar-refractivity contribution in [3.8, 4) is 0 Å². The van der Waals surface area contributed by atoms with Crippen LogP contribution in [0.25, 0.3) is 0 Å². The summed E-state index contributed by atoms with van der Waals surface area (Å²) < 4.78 is 22.6. The Bertz CT molecular complexity index is 794. The minimum Gasteiger partial charge on any atom is -0.322 e. The maximum atomic E-state index is 12.3. The highest BCUT2D eigenvalue weighted by Gasteiger charge is 2.08. The van der Waals surface area contributed by atoms with Gasteiger partial charge in [0.05, 0.1) is 5.75 Å². The number of sulfone groups is 1. The summed E-state index contributed by atoms with van der Waals surface area (Å²) in [5, 5.41) is 2.86. The van der Waals surface area contributed by atoms with Gasteiger partial charge in [-0.2, -0.15) is 0 Å². The normalized spacial score (nSPS) is 11.3. The first-order valence-corrected chi connectivity index (χ1v) is 10.6. The van der Waals surface area contributed by atoms with Crippen LogP contribution in [0.5, 0.6) is 0 Å². The Hall–Kier alpha value is -2.14. The Morgan fingerprint density at radius 2 is 1.52 bits per heavy atom. The molecule has 5 heteroatoms. The summed E-state index contributed by atoms with van der Waals surface area (Å²) in [4.78, 5) is 12.3. The highest BCUT2D eigenvalue weighted by atomic mass is 32.2. The van der Waals surface area contributed by atoms with E-state index in [0.29, 0.717) is 11.1 Å². The smallest absolute Gasteiger partial charge is 0.255 e. The van der Waals surface area contributed by atoms with Gasteiger partial charge in [0.15, 0.2) is 9.84 Å². The average molecular weight is 359 g/mol. The molecule has 0 unspecified atom stereocenters. The third-order valence-corrected chi connectivity index (χ3v) is 4.78. The number of hydrogen-bond acceptors (Lipinski definition) is 3. The van der Waals surface area contributed by atoms with Gasteiger partial charge in [-0.15, -0.1) is 0 Å². The summed E-state index contributed by atoms with van der Waals surface area (Å²) in [7, 11) is -3.07. The third kappa shape index (κ3) is 6.70. The van der Waals surface area contributed by atoms with E-state index in [2.05, 4.69) is 12.2 Å². The van der Waals surface area contributed by atoms with Crippen LogP contribution in [0.4, 0.5) is 5.69 Å². The fourth-order valence-electron chi connectivity index (χ4n) is 2.59. The van der Waals surface area contributed by atoms with Crippen molar-refractivity contribution in [3.63, 3.8) is 0 Å². The molecule has 2 aromatic carbocycles. The van der Waals surface area contributed by atoms with Gasteiger partial charge < -0.3 is 5.32 Å². The summed E-state index contributed by atoms with van der Waals surface area (Å²) in [6.07, 6.45) is 5.87. The molecule has 1 amide bonds. The molecule has 0 saturated carbocycles. The molecule has 0 spiro atoms. The molecule has 25 heavy (non-hydrogen) atoms. The molecule has 0 aromatic heterocycles. The van der Waals surface area contributed by atoms with Crippen LogP contribution < -0.4 is 5.32 Å². The standard InChI is InChI=1S/C20H25NO3S/c1-3-4-5-6-16-9-13-19(14-10-16)21-20(22)18-11-7-17(8-12-18)15-25(2,23)24/h7-14H,3-6,15H2,1-2H3,(H,21,22). The molecule has 2 rings (SSSR count). The molecular formula is C20H25NO3S. The largest absolute Gasteiger partial charge is 0.322 e. The van der Waals surface area contributed by atoms with Crippen molar-refractivity contribution in [3.05, 3.63) is 65.2 Å². The Morgan fingerprint density at radius 3 is 2.08 bits per heavy atom. The first-order chi connectivity index (χ1) is 11.9. The molecule has 134 valence electrons. The molecule has 0 aliphatic heterocycles. The van der Waals surface area contributed by atoms with Gasteiger partial charge in [0, 0.05) is 17.5 Å². The number of nitrogens with one attached hydrogen (secondary N) is 1. The Kier molecular flexibility index (Phi) is 6.76.